The van der Waals surface area contributed by atoms with E-state index in [1.807, 2.05) is 0 Å². The highest BCUT2D eigenvalue weighted by molar-refractivity contribution is 4.75. The molecular formula is C5H12O6. The summed E-state index contributed by atoms with van der Waals surface area (Å²) in [6, 6.07) is 0. The number of hydrogen-bond donors (Lipinski definition) is 6. The zero-order chi connectivity index (χ0) is 9.02. The van der Waals surface area contributed by atoms with Gasteiger partial charge in [0, 0.05) is 0 Å². The third-order valence-corrected chi connectivity index (χ3v) is 1.24. The van der Waals surface area contributed by atoms with Crippen molar-refractivity contribution >= 4 is 0 Å². The van der Waals surface area contributed by atoms with Crippen LogP contribution in [0.5, 0.6) is 0 Å². The maximum Gasteiger partial charge on any atom is 0.180 e. The van der Waals surface area contributed by atoms with Gasteiger partial charge in [0.25, 0.3) is 0 Å². The number of aliphatic hydroxyl groups excluding tert-OH is 5. The molecule has 0 radical (unpaired) electrons. The minimum atomic E-state index is -2.13. The van der Waals surface area contributed by atoms with E-state index >= 15 is 0 Å². The lowest BCUT2D eigenvalue weighted by molar-refractivity contribution is -0.180. The lowest BCUT2D eigenvalue weighted by Crippen LogP contribution is -2.45. The van der Waals surface area contributed by atoms with E-state index in [1.54, 1.807) is 0 Å². The maximum atomic E-state index is 8.78. The molecule has 0 aromatic heterocycles. The van der Waals surface area contributed by atoms with Crippen molar-refractivity contribution in [1.82, 2.24) is 0 Å². The summed E-state index contributed by atoms with van der Waals surface area (Å²) in [5, 5.41) is 50.9. The smallest absolute Gasteiger partial charge is 0.180 e. The van der Waals surface area contributed by atoms with Gasteiger partial charge in [-0.3, -0.25) is 0 Å². The molecule has 0 saturated carbocycles. The van der Waals surface area contributed by atoms with E-state index in [9.17, 15) is 0 Å². The highest BCUT2D eigenvalue weighted by Gasteiger charge is 2.28. The molecule has 0 rings (SSSR count). The first-order valence-corrected chi connectivity index (χ1v) is 3.02. The summed E-state index contributed by atoms with van der Waals surface area (Å²) in [4.78, 5) is 0. The Morgan fingerprint density at radius 3 is 1.55 bits per heavy atom. The van der Waals surface area contributed by atoms with Gasteiger partial charge in [-0.1, -0.05) is 0 Å². The minimum absolute atomic E-state index is 0.759. The van der Waals surface area contributed by atoms with Crippen molar-refractivity contribution in [2.24, 2.45) is 0 Å². The van der Waals surface area contributed by atoms with Gasteiger partial charge in [-0.05, 0) is 0 Å². The molecule has 0 aromatic carbocycles. The summed E-state index contributed by atoms with van der Waals surface area (Å²) in [5.41, 5.74) is 0. The average Bonchev–Trinajstić information content (AvgIpc) is 2.00. The van der Waals surface area contributed by atoms with E-state index in [1.165, 1.54) is 0 Å². The van der Waals surface area contributed by atoms with Crippen LogP contribution in [0.25, 0.3) is 0 Å². The van der Waals surface area contributed by atoms with Crippen LogP contribution in [-0.2, 0) is 0 Å². The van der Waals surface area contributed by atoms with Gasteiger partial charge in [-0.15, -0.1) is 0 Å². The van der Waals surface area contributed by atoms with Crippen molar-refractivity contribution < 1.29 is 30.6 Å². The van der Waals surface area contributed by atoms with Crippen LogP contribution in [0.15, 0.2) is 0 Å². The van der Waals surface area contributed by atoms with Gasteiger partial charge < -0.3 is 30.6 Å². The SMILES string of the molecule is OC[C@@H](O)[C@H](O)[C@@H](O)C(O)O. The molecule has 0 aromatic rings. The third kappa shape index (κ3) is 3.10. The second-order valence-electron chi connectivity index (χ2n) is 2.14. The summed E-state index contributed by atoms with van der Waals surface area (Å²) in [5.74, 6) is 0. The van der Waals surface area contributed by atoms with Crippen molar-refractivity contribution in [3.8, 4) is 0 Å². The predicted molar refractivity (Wildman–Crippen MR) is 33.3 cm³/mol. The second-order valence-corrected chi connectivity index (χ2v) is 2.14. The summed E-state index contributed by atoms with van der Waals surface area (Å²) in [6.45, 7) is -0.759. The van der Waals surface area contributed by atoms with Crippen molar-refractivity contribution in [3.05, 3.63) is 0 Å². The molecule has 6 N–H and O–H groups in total. The monoisotopic (exact) mass is 168 g/mol. The summed E-state index contributed by atoms with van der Waals surface area (Å²) >= 11 is 0. The Bertz CT molecular complexity index is 105. The van der Waals surface area contributed by atoms with Gasteiger partial charge in [0.2, 0.25) is 0 Å². The number of hydrogen-bond acceptors (Lipinski definition) is 6. The highest BCUT2D eigenvalue weighted by Crippen LogP contribution is 2.02. The van der Waals surface area contributed by atoms with E-state index < -0.39 is 31.2 Å². The molecule has 0 unspecified atom stereocenters. The van der Waals surface area contributed by atoms with Gasteiger partial charge >= 0.3 is 0 Å². The van der Waals surface area contributed by atoms with Gasteiger partial charge in [0.15, 0.2) is 6.29 Å². The summed E-state index contributed by atoms with van der Waals surface area (Å²) in [6.07, 6.45) is -7.35. The fourth-order valence-electron chi connectivity index (χ4n) is 0.512. The maximum absolute atomic E-state index is 8.78. The molecule has 3 atom stereocenters. The van der Waals surface area contributed by atoms with Gasteiger partial charge in [-0.2, -0.15) is 0 Å². The quantitative estimate of drug-likeness (QED) is 0.241. The van der Waals surface area contributed by atoms with E-state index in [-0.39, 0.29) is 0 Å². The molecule has 0 heterocycles. The molecule has 0 aliphatic rings. The van der Waals surface area contributed by atoms with Crippen LogP contribution in [0, 0.1) is 0 Å². The molecule has 0 amide bonds. The van der Waals surface area contributed by atoms with E-state index in [2.05, 4.69) is 0 Å². The second kappa shape index (κ2) is 4.60. The Labute approximate surface area is 63.0 Å². The lowest BCUT2D eigenvalue weighted by atomic mass is 10.1. The largest absolute Gasteiger partial charge is 0.394 e. The van der Waals surface area contributed by atoms with Crippen molar-refractivity contribution in [3.63, 3.8) is 0 Å². The summed E-state index contributed by atoms with van der Waals surface area (Å²) < 4.78 is 0. The van der Waals surface area contributed by atoms with Crippen LogP contribution >= 0.6 is 0 Å². The zero-order valence-electron chi connectivity index (χ0n) is 5.70. The molecule has 6 nitrogen and oxygen atoms in total. The minimum Gasteiger partial charge on any atom is -0.394 e. The Morgan fingerprint density at radius 2 is 1.27 bits per heavy atom. The van der Waals surface area contributed by atoms with Gasteiger partial charge in [0.1, 0.15) is 18.3 Å². The fourth-order valence-corrected chi connectivity index (χ4v) is 0.512. The zero-order valence-corrected chi connectivity index (χ0v) is 5.70. The fraction of sp³-hybridized carbons (Fsp3) is 1.00. The predicted octanol–water partition coefficient (Wildman–Crippen LogP) is -3.63. The van der Waals surface area contributed by atoms with E-state index in [0.717, 1.165) is 0 Å². The van der Waals surface area contributed by atoms with Crippen LogP contribution in [0.3, 0.4) is 0 Å². The molecule has 0 fully saturated rings. The Morgan fingerprint density at radius 1 is 0.818 bits per heavy atom. The first kappa shape index (κ1) is 10.8. The van der Waals surface area contributed by atoms with Crippen LogP contribution < -0.4 is 0 Å². The number of rotatable bonds is 4. The van der Waals surface area contributed by atoms with E-state index in [0.29, 0.717) is 0 Å². The van der Waals surface area contributed by atoms with E-state index in [4.69, 9.17) is 30.6 Å². The molecule has 0 aliphatic heterocycles. The number of aliphatic hydroxyl groups is 6. The first-order valence-electron chi connectivity index (χ1n) is 3.02. The Hall–Kier alpha value is -0.240. The van der Waals surface area contributed by atoms with Crippen molar-refractivity contribution in [2.75, 3.05) is 6.61 Å². The van der Waals surface area contributed by atoms with Gasteiger partial charge in [-0.25, -0.2) is 0 Å². The molecule has 68 valence electrons. The summed E-state index contributed by atoms with van der Waals surface area (Å²) in [7, 11) is 0. The van der Waals surface area contributed by atoms with Crippen LogP contribution in [0.4, 0.5) is 0 Å². The molecule has 0 spiro atoms. The highest BCUT2D eigenvalue weighted by atomic mass is 16.5. The van der Waals surface area contributed by atoms with Crippen molar-refractivity contribution in [1.29, 1.82) is 0 Å². The third-order valence-electron chi connectivity index (χ3n) is 1.24. The lowest BCUT2D eigenvalue weighted by Gasteiger charge is -2.22. The van der Waals surface area contributed by atoms with Crippen LogP contribution in [0.1, 0.15) is 0 Å². The van der Waals surface area contributed by atoms with Gasteiger partial charge in [0.05, 0.1) is 6.61 Å². The Kier molecular flexibility index (Phi) is 4.50. The normalized spacial score (nSPS) is 19.9. The molecule has 0 saturated heterocycles. The van der Waals surface area contributed by atoms with Crippen LogP contribution in [-0.4, -0.2) is 61.8 Å². The first-order chi connectivity index (χ1) is 5.00. The topological polar surface area (TPSA) is 121 Å². The molecule has 0 bridgehead atoms. The van der Waals surface area contributed by atoms with Crippen LogP contribution in [0.2, 0.25) is 0 Å². The van der Waals surface area contributed by atoms with Crippen molar-refractivity contribution in [2.45, 2.75) is 24.6 Å². The molecular weight excluding hydrogens is 156 g/mol. The molecule has 11 heavy (non-hydrogen) atoms. The Balaban J connectivity index is 3.90. The molecule has 0 aliphatic carbocycles. The molecule has 6 heteroatoms. The standard InChI is InChI=1S/C5H12O6/c6-1-2(7)3(8)4(9)5(10)11/h2-11H,1H2/t2-,3+,4-/m1/s1. The average molecular weight is 168 g/mol.